The predicted octanol–water partition coefficient (Wildman–Crippen LogP) is 2.03. The Balaban J connectivity index is 1.45. The summed E-state index contributed by atoms with van der Waals surface area (Å²) in [6, 6.07) is 9.53. The van der Waals surface area contributed by atoms with Crippen LogP contribution >= 0.6 is 0 Å². The number of Topliss-reactive ketones (excluding diaryl/α,β-unsaturated/α-hetero) is 1. The molecular formula is C22H26N4O4S. The molecule has 31 heavy (non-hydrogen) atoms. The quantitative estimate of drug-likeness (QED) is 0.658. The van der Waals surface area contributed by atoms with Crippen molar-refractivity contribution in [3.63, 3.8) is 0 Å². The van der Waals surface area contributed by atoms with Crippen molar-refractivity contribution >= 4 is 27.5 Å². The molecule has 2 fully saturated rings. The molecule has 1 amide bonds. The Morgan fingerprint density at radius 1 is 0.903 bits per heavy atom. The molecule has 0 N–H and O–H groups in total. The second-order valence-corrected chi connectivity index (χ2v) is 9.78. The van der Waals surface area contributed by atoms with Gasteiger partial charge in [0.05, 0.1) is 10.5 Å². The molecule has 2 aromatic rings. The summed E-state index contributed by atoms with van der Waals surface area (Å²) in [6.45, 7) is 4.31. The summed E-state index contributed by atoms with van der Waals surface area (Å²) in [4.78, 5) is 33.0. The summed E-state index contributed by atoms with van der Waals surface area (Å²) in [5.74, 6) is 0.489. The van der Waals surface area contributed by atoms with Crippen molar-refractivity contribution in [2.24, 2.45) is 0 Å². The molecule has 2 aliphatic rings. The van der Waals surface area contributed by atoms with E-state index in [9.17, 15) is 18.0 Å². The molecule has 1 aromatic carbocycles. The lowest BCUT2D eigenvalue weighted by Crippen LogP contribution is -2.50. The number of carbonyl (C=O) groups is 2. The van der Waals surface area contributed by atoms with E-state index in [-0.39, 0.29) is 29.7 Å². The van der Waals surface area contributed by atoms with Crippen molar-refractivity contribution in [2.45, 2.75) is 24.7 Å². The van der Waals surface area contributed by atoms with E-state index in [4.69, 9.17) is 0 Å². The number of ketones is 1. The standard InChI is InChI=1S/C22H26N4O4S/c1-17(27)18-6-8-19(9-7-18)31(29,30)26-15-13-25(14-16-26)22(28)20-5-4-10-23-21(20)24-11-2-3-12-24/h4-10H,2-3,11-16H2,1H3. The Hall–Kier alpha value is -2.78. The molecule has 3 heterocycles. The molecule has 0 spiro atoms. The van der Waals surface area contributed by atoms with Crippen molar-refractivity contribution in [3.05, 3.63) is 53.7 Å². The Morgan fingerprint density at radius 2 is 1.55 bits per heavy atom. The van der Waals surface area contributed by atoms with Crippen molar-refractivity contribution in [3.8, 4) is 0 Å². The molecule has 0 aliphatic carbocycles. The molecule has 0 bridgehead atoms. The smallest absolute Gasteiger partial charge is 0.257 e. The molecule has 0 atom stereocenters. The number of nitrogens with zero attached hydrogens (tertiary/aromatic N) is 4. The van der Waals surface area contributed by atoms with Crippen LogP contribution < -0.4 is 4.90 Å². The van der Waals surface area contributed by atoms with Gasteiger partial charge in [-0.25, -0.2) is 13.4 Å². The maximum Gasteiger partial charge on any atom is 0.257 e. The number of piperazine rings is 1. The van der Waals surface area contributed by atoms with Crippen LogP contribution in [0.5, 0.6) is 0 Å². The van der Waals surface area contributed by atoms with Gasteiger partial charge < -0.3 is 9.80 Å². The zero-order valence-corrected chi connectivity index (χ0v) is 18.3. The third kappa shape index (κ3) is 4.33. The number of anilines is 1. The van der Waals surface area contributed by atoms with Gasteiger partial charge in [0.2, 0.25) is 10.0 Å². The number of sulfonamides is 1. The second-order valence-electron chi connectivity index (χ2n) is 7.85. The van der Waals surface area contributed by atoms with E-state index < -0.39 is 10.0 Å². The fourth-order valence-electron chi connectivity index (χ4n) is 4.06. The summed E-state index contributed by atoms with van der Waals surface area (Å²) in [5.41, 5.74) is 1.04. The lowest BCUT2D eigenvalue weighted by Gasteiger charge is -2.34. The Kier molecular flexibility index (Phi) is 6.06. The first-order chi connectivity index (χ1) is 14.9. The molecule has 1 aromatic heterocycles. The van der Waals surface area contributed by atoms with Crippen LogP contribution in [-0.2, 0) is 10.0 Å². The number of pyridine rings is 1. The van der Waals surface area contributed by atoms with E-state index in [1.165, 1.54) is 35.5 Å². The number of rotatable bonds is 5. The summed E-state index contributed by atoms with van der Waals surface area (Å²) < 4.78 is 27.3. The highest BCUT2D eigenvalue weighted by Crippen LogP contribution is 2.24. The SMILES string of the molecule is CC(=O)c1ccc(S(=O)(=O)N2CCN(C(=O)c3cccnc3N3CCCC3)CC2)cc1. The third-order valence-corrected chi connectivity index (χ3v) is 7.76. The van der Waals surface area contributed by atoms with Gasteiger partial charge in [-0.3, -0.25) is 9.59 Å². The number of hydrogen-bond acceptors (Lipinski definition) is 6. The summed E-state index contributed by atoms with van der Waals surface area (Å²) in [5, 5.41) is 0. The van der Waals surface area contributed by atoms with E-state index in [2.05, 4.69) is 9.88 Å². The van der Waals surface area contributed by atoms with Gasteiger partial charge in [-0.2, -0.15) is 4.31 Å². The van der Waals surface area contributed by atoms with Gasteiger partial charge in [0.25, 0.3) is 5.91 Å². The number of amides is 1. The molecule has 8 nitrogen and oxygen atoms in total. The predicted molar refractivity (Wildman–Crippen MR) is 117 cm³/mol. The van der Waals surface area contributed by atoms with E-state index in [0.29, 0.717) is 30.0 Å². The van der Waals surface area contributed by atoms with Gasteiger partial charge in [0.1, 0.15) is 5.82 Å². The highest BCUT2D eigenvalue weighted by atomic mass is 32.2. The van der Waals surface area contributed by atoms with Crippen LogP contribution in [-0.4, -0.2) is 73.6 Å². The van der Waals surface area contributed by atoms with Crippen molar-refractivity contribution in [1.82, 2.24) is 14.2 Å². The maximum atomic E-state index is 13.2. The van der Waals surface area contributed by atoms with Gasteiger partial charge in [0.15, 0.2) is 5.78 Å². The van der Waals surface area contributed by atoms with Crippen molar-refractivity contribution < 1.29 is 18.0 Å². The minimum absolute atomic E-state index is 0.111. The van der Waals surface area contributed by atoms with E-state index in [1.54, 1.807) is 23.2 Å². The van der Waals surface area contributed by atoms with Gasteiger partial charge in [-0.1, -0.05) is 12.1 Å². The minimum Gasteiger partial charge on any atom is -0.356 e. The van der Waals surface area contributed by atoms with E-state index in [0.717, 1.165) is 25.9 Å². The number of aromatic nitrogens is 1. The summed E-state index contributed by atoms with van der Waals surface area (Å²) in [7, 11) is -3.68. The molecule has 0 unspecified atom stereocenters. The van der Waals surface area contributed by atoms with Crippen LogP contribution in [0.15, 0.2) is 47.5 Å². The molecule has 164 valence electrons. The highest BCUT2D eigenvalue weighted by Gasteiger charge is 2.32. The lowest BCUT2D eigenvalue weighted by molar-refractivity contribution is 0.0698. The first-order valence-electron chi connectivity index (χ1n) is 10.5. The number of benzene rings is 1. The average Bonchev–Trinajstić information content (AvgIpc) is 3.33. The van der Waals surface area contributed by atoms with Gasteiger partial charge in [0, 0.05) is 51.0 Å². The van der Waals surface area contributed by atoms with Crippen LogP contribution in [0.2, 0.25) is 0 Å². The molecular weight excluding hydrogens is 416 g/mol. The zero-order chi connectivity index (χ0) is 22.0. The van der Waals surface area contributed by atoms with Gasteiger partial charge >= 0.3 is 0 Å². The molecule has 2 saturated heterocycles. The Morgan fingerprint density at radius 3 is 2.16 bits per heavy atom. The fourth-order valence-corrected chi connectivity index (χ4v) is 5.48. The third-order valence-electron chi connectivity index (χ3n) is 5.85. The van der Waals surface area contributed by atoms with Gasteiger partial charge in [-0.05, 0) is 44.0 Å². The van der Waals surface area contributed by atoms with Crippen LogP contribution in [0.4, 0.5) is 5.82 Å². The van der Waals surface area contributed by atoms with E-state index in [1.807, 2.05) is 0 Å². The van der Waals surface area contributed by atoms with Crippen LogP contribution in [0.25, 0.3) is 0 Å². The molecule has 0 radical (unpaired) electrons. The fraction of sp³-hybridized carbons (Fsp3) is 0.409. The van der Waals surface area contributed by atoms with Crippen LogP contribution in [0.1, 0.15) is 40.5 Å². The Labute approximate surface area is 182 Å². The minimum atomic E-state index is -3.68. The van der Waals surface area contributed by atoms with E-state index >= 15 is 0 Å². The average molecular weight is 443 g/mol. The lowest BCUT2D eigenvalue weighted by atomic mass is 10.2. The maximum absolute atomic E-state index is 13.2. The monoisotopic (exact) mass is 442 g/mol. The molecule has 4 rings (SSSR count). The van der Waals surface area contributed by atoms with Crippen molar-refractivity contribution in [2.75, 3.05) is 44.2 Å². The Bertz CT molecular complexity index is 1070. The van der Waals surface area contributed by atoms with Gasteiger partial charge in [-0.15, -0.1) is 0 Å². The normalized spacial score (nSPS) is 17.7. The number of hydrogen-bond donors (Lipinski definition) is 0. The zero-order valence-electron chi connectivity index (χ0n) is 17.5. The van der Waals surface area contributed by atoms with Crippen molar-refractivity contribution in [1.29, 1.82) is 0 Å². The molecule has 0 saturated carbocycles. The first kappa shape index (κ1) is 21.5. The second kappa shape index (κ2) is 8.76. The molecule has 2 aliphatic heterocycles. The number of carbonyl (C=O) groups excluding carboxylic acids is 2. The summed E-state index contributed by atoms with van der Waals surface area (Å²) >= 11 is 0. The first-order valence-corrected chi connectivity index (χ1v) is 11.9. The topological polar surface area (TPSA) is 90.9 Å². The largest absolute Gasteiger partial charge is 0.356 e. The van der Waals surface area contributed by atoms with Crippen LogP contribution in [0, 0.1) is 0 Å². The highest BCUT2D eigenvalue weighted by molar-refractivity contribution is 7.89. The summed E-state index contributed by atoms with van der Waals surface area (Å²) in [6.07, 6.45) is 3.88. The molecule has 9 heteroatoms. The van der Waals surface area contributed by atoms with Crippen LogP contribution in [0.3, 0.4) is 0 Å².